The van der Waals surface area contributed by atoms with Crippen LogP contribution < -0.4 is 15.4 Å². The summed E-state index contributed by atoms with van der Waals surface area (Å²) < 4.78 is 7.40. The molecule has 1 aromatic heterocycles. The monoisotopic (exact) mass is 399 g/mol. The normalized spacial score (nSPS) is 14.6. The van der Waals surface area contributed by atoms with E-state index in [1.807, 2.05) is 18.5 Å². The van der Waals surface area contributed by atoms with Crippen LogP contribution in [0, 0.1) is 6.92 Å². The summed E-state index contributed by atoms with van der Waals surface area (Å²) in [5.41, 5.74) is 1.67. The highest BCUT2D eigenvalue weighted by Gasteiger charge is 2.23. The zero-order valence-electron chi connectivity index (χ0n) is 14.8. The molecule has 1 aromatic carbocycles. The molecule has 0 spiro atoms. The second kappa shape index (κ2) is 9.21. The van der Waals surface area contributed by atoms with Gasteiger partial charge >= 0.3 is 0 Å². The van der Waals surface area contributed by atoms with Gasteiger partial charge < -0.3 is 15.4 Å². The lowest BCUT2D eigenvalue weighted by atomic mass is 10.1. The van der Waals surface area contributed by atoms with Crippen LogP contribution in [0.4, 0.5) is 5.69 Å². The van der Waals surface area contributed by atoms with E-state index < -0.39 is 0 Å². The number of carbonyl (C=O) groups excluding carboxylic acids is 1. The molecule has 26 heavy (non-hydrogen) atoms. The maximum atomic E-state index is 12.6. The Kier molecular flexibility index (Phi) is 7.25. The molecule has 0 atom stereocenters. The number of benzene rings is 1. The maximum absolute atomic E-state index is 12.6. The number of hydrogen-bond donors (Lipinski definition) is 2. The van der Waals surface area contributed by atoms with Crippen molar-refractivity contribution >= 4 is 35.6 Å². The van der Waals surface area contributed by atoms with Gasteiger partial charge in [0.05, 0.1) is 24.0 Å². The molecule has 0 aliphatic carbocycles. The Morgan fingerprint density at radius 1 is 1.42 bits per heavy atom. The second-order valence-electron chi connectivity index (χ2n) is 5.98. The molecule has 2 N–H and O–H groups in total. The molecular weight excluding hydrogens is 377 g/mol. The van der Waals surface area contributed by atoms with Crippen molar-refractivity contribution < 1.29 is 9.53 Å². The minimum Gasteiger partial charge on any atom is -0.492 e. The summed E-state index contributed by atoms with van der Waals surface area (Å²) in [4.78, 5) is 12.6. The fraction of sp³-hybridized carbons (Fsp3) is 0.471. The Labute approximate surface area is 163 Å². The van der Waals surface area contributed by atoms with Crippen molar-refractivity contribution in [3.8, 4) is 5.75 Å². The molecule has 1 fully saturated rings. The third kappa shape index (κ3) is 4.47. The third-order valence-electron chi connectivity index (χ3n) is 4.29. The Bertz CT molecular complexity index is 760. The molecule has 2 aromatic rings. The molecule has 0 saturated carbocycles. The Hall–Kier alpha value is -1.83. The van der Waals surface area contributed by atoms with E-state index in [2.05, 4.69) is 20.9 Å². The van der Waals surface area contributed by atoms with E-state index in [9.17, 15) is 4.79 Å². The van der Waals surface area contributed by atoms with Crippen molar-refractivity contribution in [1.29, 1.82) is 0 Å². The van der Waals surface area contributed by atoms with E-state index >= 15 is 0 Å². The fourth-order valence-corrected chi connectivity index (χ4v) is 3.17. The van der Waals surface area contributed by atoms with Crippen molar-refractivity contribution in [2.75, 3.05) is 25.0 Å². The maximum Gasteiger partial charge on any atom is 0.278 e. The summed E-state index contributed by atoms with van der Waals surface area (Å²) in [5, 5.41) is 15.0. The number of amides is 1. The molecule has 1 aliphatic heterocycles. The number of nitrogens with zero attached hydrogens (tertiary/aromatic N) is 3. The van der Waals surface area contributed by atoms with Gasteiger partial charge in [0.15, 0.2) is 5.69 Å². The first-order valence-electron chi connectivity index (χ1n) is 8.46. The summed E-state index contributed by atoms with van der Waals surface area (Å²) >= 11 is 6.00. The molecule has 0 radical (unpaired) electrons. The lowest BCUT2D eigenvalue weighted by molar-refractivity contribution is 0.102. The standard InChI is InChI=1S/C17H22ClN5O2.ClH/c1-3-25-15-10-12(18)4-5-14(15)20-17(24)16-11(2)23(22-21-16)13-6-8-19-9-7-13;/h4-5,10,13,19H,3,6-9H2,1-2H3,(H,20,24);1H. The Morgan fingerprint density at radius 3 is 2.85 bits per heavy atom. The molecule has 0 unspecified atom stereocenters. The highest BCUT2D eigenvalue weighted by molar-refractivity contribution is 6.30. The summed E-state index contributed by atoms with van der Waals surface area (Å²) in [5.74, 6) is 0.229. The largest absolute Gasteiger partial charge is 0.492 e. The average molecular weight is 400 g/mol. The molecule has 7 nitrogen and oxygen atoms in total. The number of rotatable bonds is 5. The molecular formula is C17H23Cl2N5O2. The van der Waals surface area contributed by atoms with Crippen LogP contribution in [-0.2, 0) is 0 Å². The summed E-state index contributed by atoms with van der Waals surface area (Å²) in [7, 11) is 0. The second-order valence-corrected chi connectivity index (χ2v) is 6.41. The SMILES string of the molecule is CCOc1cc(Cl)ccc1NC(=O)c1nnn(C2CCNCC2)c1C.Cl. The van der Waals surface area contributed by atoms with Crippen LogP contribution in [0.2, 0.25) is 5.02 Å². The van der Waals surface area contributed by atoms with Crippen LogP contribution in [0.1, 0.15) is 42.0 Å². The van der Waals surface area contributed by atoms with Crippen LogP contribution in [0.25, 0.3) is 0 Å². The first kappa shape index (κ1) is 20.5. The van der Waals surface area contributed by atoms with Crippen LogP contribution in [0.5, 0.6) is 5.75 Å². The predicted molar refractivity (Wildman–Crippen MR) is 104 cm³/mol. The number of anilines is 1. The Morgan fingerprint density at radius 2 is 2.15 bits per heavy atom. The van der Waals surface area contributed by atoms with Gasteiger partial charge in [-0.25, -0.2) is 4.68 Å². The van der Waals surface area contributed by atoms with E-state index in [-0.39, 0.29) is 24.4 Å². The molecule has 1 saturated heterocycles. The van der Waals surface area contributed by atoms with Gasteiger partial charge in [-0.05, 0) is 51.9 Å². The smallest absolute Gasteiger partial charge is 0.278 e. The van der Waals surface area contributed by atoms with Crippen molar-refractivity contribution in [3.05, 3.63) is 34.6 Å². The van der Waals surface area contributed by atoms with E-state index in [4.69, 9.17) is 16.3 Å². The van der Waals surface area contributed by atoms with Crippen LogP contribution in [0.3, 0.4) is 0 Å². The minimum atomic E-state index is -0.305. The highest BCUT2D eigenvalue weighted by atomic mass is 35.5. The number of hydrogen-bond acceptors (Lipinski definition) is 5. The van der Waals surface area contributed by atoms with Gasteiger partial charge in [0.2, 0.25) is 0 Å². The molecule has 1 aliphatic rings. The number of piperidine rings is 1. The van der Waals surface area contributed by atoms with Crippen molar-refractivity contribution in [3.63, 3.8) is 0 Å². The lowest BCUT2D eigenvalue weighted by Gasteiger charge is -2.23. The average Bonchev–Trinajstić information content (AvgIpc) is 3.00. The topological polar surface area (TPSA) is 81.1 Å². The van der Waals surface area contributed by atoms with E-state index in [1.165, 1.54) is 0 Å². The summed E-state index contributed by atoms with van der Waals surface area (Å²) in [6, 6.07) is 5.39. The number of ether oxygens (including phenoxy) is 1. The molecule has 3 rings (SSSR count). The number of halogens is 2. The molecule has 1 amide bonds. The van der Waals surface area contributed by atoms with Crippen LogP contribution >= 0.6 is 24.0 Å². The van der Waals surface area contributed by atoms with Crippen molar-refractivity contribution in [1.82, 2.24) is 20.3 Å². The molecule has 142 valence electrons. The highest BCUT2D eigenvalue weighted by Crippen LogP contribution is 2.29. The van der Waals surface area contributed by atoms with E-state index in [0.717, 1.165) is 31.6 Å². The van der Waals surface area contributed by atoms with Crippen molar-refractivity contribution in [2.24, 2.45) is 0 Å². The summed E-state index contributed by atoms with van der Waals surface area (Å²) in [6.07, 6.45) is 1.97. The Balaban J connectivity index is 0.00000243. The van der Waals surface area contributed by atoms with E-state index in [0.29, 0.717) is 28.8 Å². The van der Waals surface area contributed by atoms with Gasteiger partial charge in [0.1, 0.15) is 5.75 Å². The third-order valence-corrected chi connectivity index (χ3v) is 4.52. The molecule has 0 bridgehead atoms. The first-order valence-corrected chi connectivity index (χ1v) is 8.84. The van der Waals surface area contributed by atoms with Gasteiger partial charge in [-0.1, -0.05) is 16.8 Å². The van der Waals surface area contributed by atoms with Crippen LogP contribution in [0.15, 0.2) is 18.2 Å². The van der Waals surface area contributed by atoms with E-state index in [1.54, 1.807) is 18.2 Å². The zero-order chi connectivity index (χ0) is 17.8. The van der Waals surface area contributed by atoms with Gasteiger partial charge in [-0.3, -0.25) is 4.79 Å². The lowest BCUT2D eigenvalue weighted by Crippen LogP contribution is -2.30. The number of nitrogens with one attached hydrogen (secondary N) is 2. The number of carbonyl (C=O) groups is 1. The quantitative estimate of drug-likeness (QED) is 0.806. The van der Waals surface area contributed by atoms with Gasteiger partial charge in [0, 0.05) is 11.1 Å². The zero-order valence-corrected chi connectivity index (χ0v) is 16.4. The summed E-state index contributed by atoms with van der Waals surface area (Å²) in [6.45, 7) is 6.14. The molecule has 9 heteroatoms. The van der Waals surface area contributed by atoms with Gasteiger partial charge in [-0.2, -0.15) is 0 Å². The first-order chi connectivity index (χ1) is 12.1. The minimum absolute atomic E-state index is 0. The number of aromatic nitrogens is 3. The van der Waals surface area contributed by atoms with Gasteiger partial charge in [0.25, 0.3) is 5.91 Å². The van der Waals surface area contributed by atoms with Gasteiger partial charge in [-0.15, -0.1) is 17.5 Å². The fourth-order valence-electron chi connectivity index (χ4n) is 3.00. The predicted octanol–water partition coefficient (Wildman–Crippen LogP) is 3.24. The molecule has 2 heterocycles. The van der Waals surface area contributed by atoms with Crippen LogP contribution in [-0.4, -0.2) is 40.6 Å². The van der Waals surface area contributed by atoms with Crippen molar-refractivity contribution in [2.45, 2.75) is 32.7 Å².